The molecule has 0 radical (unpaired) electrons. The predicted molar refractivity (Wildman–Crippen MR) is 55.9 cm³/mol. The van der Waals surface area contributed by atoms with Gasteiger partial charge in [-0.15, -0.1) is 0 Å². The molecule has 0 aromatic rings. The van der Waals surface area contributed by atoms with Crippen LogP contribution in [-0.2, 0) is 14.6 Å². The lowest BCUT2D eigenvalue weighted by Gasteiger charge is -2.32. The lowest BCUT2D eigenvalue weighted by Crippen LogP contribution is -2.42. The molecule has 4 nitrogen and oxygen atoms in total. The molecule has 0 aliphatic heterocycles. The third kappa shape index (κ3) is 3.22. The largest absolute Gasteiger partial charge is 0.377 e. The third-order valence-corrected chi connectivity index (χ3v) is 4.74. The van der Waals surface area contributed by atoms with Crippen LogP contribution in [0.25, 0.3) is 0 Å². The average molecular weight is 221 g/mol. The molecule has 1 aliphatic carbocycles. The van der Waals surface area contributed by atoms with Crippen molar-refractivity contribution < 1.29 is 13.2 Å². The van der Waals surface area contributed by atoms with Crippen LogP contribution in [0.4, 0.5) is 0 Å². The number of sulfone groups is 1. The average Bonchev–Trinajstić information content (AvgIpc) is 2.00. The van der Waals surface area contributed by atoms with Gasteiger partial charge in [0.25, 0.3) is 0 Å². The Hall–Kier alpha value is -0.130. The molecule has 0 aromatic carbocycles. The number of hydrogen-bond donors (Lipinski definition) is 1. The van der Waals surface area contributed by atoms with E-state index in [2.05, 4.69) is 0 Å². The Morgan fingerprint density at radius 1 is 1.43 bits per heavy atom. The quantitative estimate of drug-likeness (QED) is 0.725. The molecule has 0 unspecified atom stereocenters. The van der Waals surface area contributed by atoms with Crippen molar-refractivity contribution in [3.8, 4) is 0 Å². The van der Waals surface area contributed by atoms with E-state index in [1.54, 1.807) is 13.8 Å². The van der Waals surface area contributed by atoms with E-state index in [4.69, 9.17) is 10.5 Å². The smallest absolute Gasteiger partial charge is 0.154 e. The predicted octanol–water partition coefficient (Wildman–Crippen LogP) is 0.316. The second-order valence-electron chi connectivity index (χ2n) is 4.14. The van der Waals surface area contributed by atoms with Crippen LogP contribution in [0.15, 0.2) is 0 Å². The fourth-order valence-corrected chi connectivity index (χ4v) is 2.11. The summed E-state index contributed by atoms with van der Waals surface area (Å²) in [5.74, 6) is 0.121. The monoisotopic (exact) mass is 221 g/mol. The zero-order valence-corrected chi connectivity index (χ0v) is 9.59. The minimum Gasteiger partial charge on any atom is -0.377 e. The van der Waals surface area contributed by atoms with Gasteiger partial charge in [0, 0.05) is 6.04 Å². The van der Waals surface area contributed by atoms with E-state index >= 15 is 0 Å². The Labute approximate surface area is 85.7 Å². The van der Waals surface area contributed by atoms with Crippen molar-refractivity contribution in [3.63, 3.8) is 0 Å². The molecule has 0 amide bonds. The first kappa shape index (κ1) is 11.9. The molecule has 0 aromatic heterocycles. The van der Waals surface area contributed by atoms with E-state index in [0.29, 0.717) is 6.61 Å². The zero-order chi connectivity index (χ0) is 10.8. The molecule has 1 saturated carbocycles. The fraction of sp³-hybridized carbons (Fsp3) is 1.00. The molecule has 5 heteroatoms. The van der Waals surface area contributed by atoms with Crippen molar-refractivity contribution >= 4 is 9.84 Å². The standard InChI is InChI=1S/C9H19NO3S/c1-7(2)14(11,12)4-3-13-9-5-8(10)6-9/h7-9H,3-6,10H2,1-2H3. The molecule has 2 N–H and O–H groups in total. The summed E-state index contributed by atoms with van der Waals surface area (Å²) in [4.78, 5) is 0. The van der Waals surface area contributed by atoms with Crippen molar-refractivity contribution in [1.29, 1.82) is 0 Å². The summed E-state index contributed by atoms with van der Waals surface area (Å²) in [6.45, 7) is 3.68. The van der Waals surface area contributed by atoms with E-state index in [1.807, 2.05) is 0 Å². The first-order valence-corrected chi connectivity index (χ1v) is 6.72. The van der Waals surface area contributed by atoms with Crippen molar-refractivity contribution in [1.82, 2.24) is 0 Å². The lowest BCUT2D eigenvalue weighted by molar-refractivity contribution is -0.000286. The maximum atomic E-state index is 11.4. The Bertz CT molecular complexity index is 268. The van der Waals surface area contributed by atoms with Crippen LogP contribution in [0, 0.1) is 0 Å². The highest BCUT2D eigenvalue weighted by molar-refractivity contribution is 7.91. The summed E-state index contributed by atoms with van der Waals surface area (Å²) in [5, 5.41) is -0.310. The second-order valence-corrected chi connectivity index (χ2v) is 6.82. The van der Waals surface area contributed by atoms with Gasteiger partial charge in [0.15, 0.2) is 9.84 Å². The van der Waals surface area contributed by atoms with Gasteiger partial charge >= 0.3 is 0 Å². The van der Waals surface area contributed by atoms with Gasteiger partial charge in [-0.3, -0.25) is 0 Å². The normalized spacial score (nSPS) is 27.7. The highest BCUT2D eigenvalue weighted by atomic mass is 32.2. The summed E-state index contributed by atoms with van der Waals surface area (Å²) in [6, 6.07) is 0.252. The first-order valence-electron chi connectivity index (χ1n) is 5.00. The number of hydrogen-bond acceptors (Lipinski definition) is 4. The van der Waals surface area contributed by atoms with Crippen molar-refractivity contribution in [2.45, 2.75) is 44.1 Å². The van der Waals surface area contributed by atoms with Gasteiger partial charge in [-0.25, -0.2) is 8.42 Å². The Kier molecular flexibility index (Phi) is 3.92. The van der Waals surface area contributed by atoms with Crippen molar-refractivity contribution in [2.24, 2.45) is 5.73 Å². The van der Waals surface area contributed by atoms with Gasteiger partial charge < -0.3 is 10.5 Å². The highest BCUT2D eigenvalue weighted by Gasteiger charge is 2.27. The van der Waals surface area contributed by atoms with Crippen LogP contribution in [-0.4, -0.2) is 38.2 Å². The van der Waals surface area contributed by atoms with Crippen molar-refractivity contribution in [3.05, 3.63) is 0 Å². The van der Waals surface area contributed by atoms with Gasteiger partial charge in [0.05, 0.1) is 23.7 Å². The summed E-state index contributed by atoms with van der Waals surface area (Å²) < 4.78 is 28.1. The molecule has 0 bridgehead atoms. The summed E-state index contributed by atoms with van der Waals surface area (Å²) in [6.07, 6.45) is 1.91. The minimum atomic E-state index is -2.95. The van der Waals surface area contributed by atoms with Crippen molar-refractivity contribution in [2.75, 3.05) is 12.4 Å². The van der Waals surface area contributed by atoms with Crippen LogP contribution < -0.4 is 5.73 Å². The Balaban J connectivity index is 2.15. The van der Waals surface area contributed by atoms with E-state index < -0.39 is 9.84 Å². The summed E-state index contributed by atoms with van der Waals surface area (Å²) in [5.41, 5.74) is 5.58. The lowest BCUT2D eigenvalue weighted by atomic mass is 9.90. The Morgan fingerprint density at radius 3 is 2.43 bits per heavy atom. The molecule has 1 fully saturated rings. The molecular formula is C9H19NO3S. The van der Waals surface area contributed by atoms with Gasteiger partial charge in [0.1, 0.15) is 0 Å². The topological polar surface area (TPSA) is 69.4 Å². The summed E-state index contributed by atoms with van der Waals surface area (Å²) >= 11 is 0. The molecule has 14 heavy (non-hydrogen) atoms. The van der Waals surface area contributed by atoms with Gasteiger partial charge in [-0.2, -0.15) is 0 Å². The van der Waals surface area contributed by atoms with E-state index in [1.165, 1.54) is 0 Å². The minimum absolute atomic E-state index is 0.121. The molecule has 0 spiro atoms. The molecule has 0 heterocycles. The maximum absolute atomic E-state index is 11.4. The zero-order valence-electron chi connectivity index (χ0n) is 8.77. The van der Waals surface area contributed by atoms with Crippen LogP contribution in [0.5, 0.6) is 0 Å². The molecule has 1 aliphatic rings. The number of ether oxygens (including phenoxy) is 1. The number of rotatable bonds is 5. The van der Waals surface area contributed by atoms with Gasteiger partial charge in [0.2, 0.25) is 0 Å². The molecule has 0 atom stereocenters. The van der Waals surface area contributed by atoms with Crippen LogP contribution >= 0.6 is 0 Å². The molecule has 1 rings (SSSR count). The SMILES string of the molecule is CC(C)S(=O)(=O)CCOC1CC(N)C1. The molecular weight excluding hydrogens is 202 g/mol. The van der Waals surface area contributed by atoms with Gasteiger partial charge in [-0.1, -0.05) is 0 Å². The van der Waals surface area contributed by atoms with Crippen LogP contribution in [0.3, 0.4) is 0 Å². The highest BCUT2D eigenvalue weighted by Crippen LogP contribution is 2.21. The second kappa shape index (κ2) is 4.59. The summed E-state index contributed by atoms with van der Waals surface area (Å²) in [7, 11) is -2.95. The van der Waals surface area contributed by atoms with Crippen LogP contribution in [0.1, 0.15) is 26.7 Å². The van der Waals surface area contributed by atoms with Crippen LogP contribution in [0.2, 0.25) is 0 Å². The van der Waals surface area contributed by atoms with E-state index in [0.717, 1.165) is 12.8 Å². The van der Waals surface area contributed by atoms with E-state index in [-0.39, 0.29) is 23.1 Å². The third-order valence-electron chi connectivity index (χ3n) is 2.57. The molecule has 0 saturated heterocycles. The van der Waals surface area contributed by atoms with Gasteiger partial charge in [-0.05, 0) is 26.7 Å². The first-order chi connectivity index (χ1) is 6.42. The number of nitrogens with two attached hydrogens (primary N) is 1. The maximum Gasteiger partial charge on any atom is 0.154 e. The fourth-order valence-electron chi connectivity index (χ4n) is 1.31. The Morgan fingerprint density at radius 2 is 2.00 bits per heavy atom. The molecule has 84 valence electrons. The van der Waals surface area contributed by atoms with E-state index in [9.17, 15) is 8.42 Å².